The van der Waals surface area contributed by atoms with Crippen LogP contribution in [0.3, 0.4) is 0 Å². The summed E-state index contributed by atoms with van der Waals surface area (Å²) in [6, 6.07) is 7.49. The summed E-state index contributed by atoms with van der Waals surface area (Å²) in [6.45, 7) is 5.11. The Kier molecular flexibility index (Phi) is 10.1. The number of nitrogens with one attached hydrogen (secondary N) is 3. The lowest BCUT2D eigenvalue weighted by atomic mass is 10.2. The van der Waals surface area contributed by atoms with E-state index in [2.05, 4.69) is 20.9 Å². The molecule has 2 rings (SSSR count). The van der Waals surface area contributed by atoms with Gasteiger partial charge in [-0.3, -0.25) is 4.79 Å². The maximum absolute atomic E-state index is 11.6. The minimum absolute atomic E-state index is 0. The first kappa shape index (κ1) is 23.7. The Morgan fingerprint density at radius 2 is 1.93 bits per heavy atom. The van der Waals surface area contributed by atoms with Crippen molar-refractivity contribution in [3.05, 3.63) is 29.8 Å². The quantitative estimate of drug-likeness (QED) is 0.298. The molecular formula is C18H29IN4O3S. The lowest BCUT2D eigenvalue weighted by Gasteiger charge is -2.15. The first-order valence-electron chi connectivity index (χ1n) is 9.06. The summed E-state index contributed by atoms with van der Waals surface area (Å²) < 4.78 is 23.2. The Morgan fingerprint density at radius 1 is 1.22 bits per heavy atom. The smallest absolute Gasteiger partial charge is 0.224 e. The zero-order valence-corrected chi connectivity index (χ0v) is 19.0. The van der Waals surface area contributed by atoms with Crippen LogP contribution in [0, 0.1) is 0 Å². The summed E-state index contributed by atoms with van der Waals surface area (Å²) in [5.41, 5.74) is 1.78. The molecule has 0 aromatic heterocycles. The SMILES string of the molecule is CCCC(=O)Nc1ccc(CN=C(NCC)NC2CCS(=O)(=O)C2)cc1.I. The Morgan fingerprint density at radius 3 is 2.48 bits per heavy atom. The molecule has 1 unspecified atom stereocenters. The van der Waals surface area contributed by atoms with Crippen LogP contribution in [0.5, 0.6) is 0 Å². The van der Waals surface area contributed by atoms with Crippen LogP contribution in [0.15, 0.2) is 29.3 Å². The summed E-state index contributed by atoms with van der Waals surface area (Å²) in [5, 5.41) is 9.20. The molecule has 1 atom stereocenters. The number of guanidine groups is 1. The summed E-state index contributed by atoms with van der Waals surface area (Å²) in [7, 11) is -2.92. The first-order valence-corrected chi connectivity index (χ1v) is 10.9. The largest absolute Gasteiger partial charge is 0.357 e. The molecule has 27 heavy (non-hydrogen) atoms. The van der Waals surface area contributed by atoms with Crippen molar-refractivity contribution in [3.8, 4) is 0 Å². The third-order valence-electron chi connectivity index (χ3n) is 4.05. The highest BCUT2D eigenvalue weighted by Gasteiger charge is 2.28. The van der Waals surface area contributed by atoms with Gasteiger partial charge in [-0.1, -0.05) is 19.1 Å². The topological polar surface area (TPSA) is 99.7 Å². The van der Waals surface area contributed by atoms with E-state index in [1.165, 1.54) is 0 Å². The summed E-state index contributed by atoms with van der Waals surface area (Å²) >= 11 is 0. The van der Waals surface area contributed by atoms with Crippen LogP contribution in [0.25, 0.3) is 0 Å². The van der Waals surface area contributed by atoms with E-state index < -0.39 is 9.84 Å². The average molecular weight is 508 g/mol. The Bertz CT molecular complexity index is 735. The van der Waals surface area contributed by atoms with Crippen molar-refractivity contribution in [1.82, 2.24) is 10.6 Å². The van der Waals surface area contributed by atoms with Crippen molar-refractivity contribution in [2.75, 3.05) is 23.4 Å². The molecule has 1 aliphatic heterocycles. The molecule has 7 nitrogen and oxygen atoms in total. The normalized spacial score (nSPS) is 18.4. The van der Waals surface area contributed by atoms with Crippen LogP contribution in [0.2, 0.25) is 0 Å². The number of halogens is 1. The van der Waals surface area contributed by atoms with Gasteiger partial charge in [0, 0.05) is 24.7 Å². The molecule has 1 aromatic carbocycles. The van der Waals surface area contributed by atoms with Crippen molar-refractivity contribution >= 4 is 51.4 Å². The lowest BCUT2D eigenvalue weighted by Crippen LogP contribution is -2.44. The van der Waals surface area contributed by atoms with E-state index in [-0.39, 0.29) is 47.4 Å². The zero-order valence-electron chi connectivity index (χ0n) is 15.8. The minimum atomic E-state index is -2.92. The van der Waals surface area contributed by atoms with E-state index in [0.29, 0.717) is 31.9 Å². The van der Waals surface area contributed by atoms with Crippen LogP contribution >= 0.6 is 24.0 Å². The fourth-order valence-electron chi connectivity index (χ4n) is 2.74. The highest BCUT2D eigenvalue weighted by Crippen LogP contribution is 2.12. The number of benzene rings is 1. The number of anilines is 1. The van der Waals surface area contributed by atoms with Crippen molar-refractivity contribution in [1.29, 1.82) is 0 Å². The monoisotopic (exact) mass is 508 g/mol. The second-order valence-electron chi connectivity index (χ2n) is 6.43. The number of rotatable bonds is 7. The summed E-state index contributed by atoms with van der Waals surface area (Å²) in [6.07, 6.45) is 1.95. The molecule has 3 N–H and O–H groups in total. The van der Waals surface area contributed by atoms with Gasteiger partial charge in [0.1, 0.15) is 0 Å². The molecule has 0 radical (unpaired) electrons. The van der Waals surface area contributed by atoms with E-state index in [9.17, 15) is 13.2 Å². The number of carbonyl (C=O) groups excluding carboxylic acids is 1. The molecule has 1 aromatic rings. The molecule has 0 aliphatic carbocycles. The number of nitrogens with zero attached hydrogens (tertiary/aromatic N) is 1. The van der Waals surface area contributed by atoms with E-state index in [1.54, 1.807) is 0 Å². The van der Waals surface area contributed by atoms with Gasteiger partial charge in [0.2, 0.25) is 5.91 Å². The van der Waals surface area contributed by atoms with Gasteiger partial charge in [-0.25, -0.2) is 13.4 Å². The van der Waals surface area contributed by atoms with Crippen LogP contribution in [0.1, 0.15) is 38.7 Å². The van der Waals surface area contributed by atoms with E-state index in [1.807, 2.05) is 38.1 Å². The standard InChI is InChI=1S/C18H28N4O3S.HI/c1-3-5-17(23)21-15-8-6-14(7-9-15)12-20-18(19-4-2)22-16-10-11-26(24,25)13-16;/h6-9,16H,3-5,10-13H2,1-2H3,(H,21,23)(H2,19,20,22);1H. The van der Waals surface area contributed by atoms with Crippen molar-refractivity contribution in [2.24, 2.45) is 4.99 Å². The van der Waals surface area contributed by atoms with Crippen LogP contribution in [-0.2, 0) is 21.2 Å². The van der Waals surface area contributed by atoms with Crippen molar-refractivity contribution in [2.45, 2.75) is 45.7 Å². The highest BCUT2D eigenvalue weighted by molar-refractivity contribution is 14.0. The van der Waals surface area contributed by atoms with Crippen molar-refractivity contribution in [3.63, 3.8) is 0 Å². The average Bonchev–Trinajstić information content (AvgIpc) is 2.93. The van der Waals surface area contributed by atoms with E-state index >= 15 is 0 Å². The van der Waals surface area contributed by atoms with Gasteiger partial charge in [-0.05, 0) is 37.5 Å². The Balaban J connectivity index is 0.00000364. The number of sulfone groups is 1. The second kappa shape index (κ2) is 11.5. The molecular weight excluding hydrogens is 479 g/mol. The number of hydrogen-bond acceptors (Lipinski definition) is 4. The molecule has 1 saturated heterocycles. The first-order chi connectivity index (χ1) is 12.4. The predicted octanol–water partition coefficient (Wildman–Crippen LogP) is 2.29. The van der Waals surface area contributed by atoms with E-state index in [0.717, 1.165) is 17.7 Å². The van der Waals surface area contributed by atoms with Gasteiger partial charge >= 0.3 is 0 Å². The third kappa shape index (κ3) is 8.46. The number of hydrogen-bond donors (Lipinski definition) is 3. The molecule has 9 heteroatoms. The summed E-state index contributed by atoms with van der Waals surface area (Å²) in [5.74, 6) is 1.03. The van der Waals surface area contributed by atoms with Gasteiger partial charge in [0.05, 0.1) is 18.1 Å². The van der Waals surface area contributed by atoms with Crippen LogP contribution in [0.4, 0.5) is 5.69 Å². The Hall–Kier alpha value is -1.36. The third-order valence-corrected chi connectivity index (χ3v) is 5.82. The van der Waals surface area contributed by atoms with Crippen LogP contribution < -0.4 is 16.0 Å². The summed E-state index contributed by atoms with van der Waals surface area (Å²) in [4.78, 5) is 16.1. The maximum Gasteiger partial charge on any atom is 0.224 e. The molecule has 0 spiro atoms. The fourth-order valence-corrected chi connectivity index (χ4v) is 4.41. The molecule has 1 fully saturated rings. The highest BCUT2D eigenvalue weighted by atomic mass is 127. The van der Waals surface area contributed by atoms with Crippen LogP contribution in [-0.4, -0.2) is 44.4 Å². The molecule has 1 aliphatic rings. The fraction of sp³-hybridized carbons (Fsp3) is 0.556. The number of carbonyl (C=O) groups is 1. The van der Waals surface area contributed by atoms with Gasteiger partial charge < -0.3 is 16.0 Å². The molecule has 1 heterocycles. The lowest BCUT2D eigenvalue weighted by molar-refractivity contribution is -0.116. The van der Waals surface area contributed by atoms with E-state index in [4.69, 9.17) is 0 Å². The minimum Gasteiger partial charge on any atom is -0.357 e. The molecule has 0 saturated carbocycles. The van der Waals surface area contributed by atoms with Gasteiger partial charge in [0.15, 0.2) is 15.8 Å². The number of amides is 1. The second-order valence-corrected chi connectivity index (χ2v) is 8.66. The number of aliphatic imine (C=N–C) groups is 1. The molecule has 0 bridgehead atoms. The predicted molar refractivity (Wildman–Crippen MR) is 120 cm³/mol. The van der Waals surface area contributed by atoms with Gasteiger partial charge in [-0.15, -0.1) is 24.0 Å². The van der Waals surface area contributed by atoms with Crippen molar-refractivity contribution < 1.29 is 13.2 Å². The Labute approximate surface area is 178 Å². The van der Waals surface area contributed by atoms with Gasteiger partial charge in [-0.2, -0.15) is 0 Å². The maximum atomic E-state index is 11.6. The zero-order chi connectivity index (χ0) is 19.0. The van der Waals surface area contributed by atoms with Gasteiger partial charge in [0.25, 0.3) is 0 Å². The molecule has 152 valence electrons. The molecule has 1 amide bonds.